The number of hydrogen-bond acceptors (Lipinski definition) is 5. The third kappa shape index (κ3) is 5.54. The van der Waals surface area contributed by atoms with E-state index in [1.165, 1.54) is 0 Å². The van der Waals surface area contributed by atoms with Crippen molar-refractivity contribution in [3.05, 3.63) is 53.9 Å². The fraction of sp³-hybridized carbons (Fsp3) is 0.381. The van der Waals surface area contributed by atoms with Gasteiger partial charge in [0.25, 0.3) is 5.91 Å². The van der Waals surface area contributed by atoms with Crippen molar-refractivity contribution in [1.82, 2.24) is 9.88 Å². The summed E-state index contributed by atoms with van der Waals surface area (Å²) in [5, 5.41) is 3.20. The van der Waals surface area contributed by atoms with Gasteiger partial charge in [-0.1, -0.05) is 26.0 Å². The predicted molar refractivity (Wildman–Crippen MR) is 106 cm³/mol. The highest BCUT2D eigenvalue weighted by Crippen LogP contribution is 2.22. The van der Waals surface area contributed by atoms with Crippen LogP contribution >= 0.6 is 0 Å². The molecule has 6 heteroatoms. The second kappa shape index (κ2) is 10.3. The first-order valence-corrected chi connectivity index (χ1v) is 9.39. The average molecular weight is 369 g/mol. The molecule has 0 fully saturated rings. The number of hydrogen-bond donors (Lipinski definition) is 1. The predicted octanol–water partition coefficient (Wildman–Crippen LogP) is 4.26. The number of nitrogens with one attached hydrogen (secondary N) is 1. The van der Waals surface area contributed by atoms with Crippen LogP contribution in [0.4, 0.5) is 11.4 Å². The van der Waals surface area contributed by atoms with Gasteiger partial charge in [0.1, 0.15) is 5.69 Å². The van der Waals surface area contributed by atoms with Gasteiger partial charge in [0.05, 0.1) is 17.9 Å². The number of nitrogens with zero attached hydrogens (tertiary/aromatic N) is 2. The molecule has 0 atom stereocenters. The lowest BCUT2D eigenvalue weighted by Crippen LogP contribution is -2.33. The molecule has 0 bridgehead atoms. The number of para-hydroxylation sites is 1. The molecule has 0 aliphatic heterocycles. The third-order valence-corrected chi connectivity index (χ3v) is 3.95. The second-order valence-electron chi connectivity index (χ2n) is 6.11. The standard InChI is InChI=1S/C21H27N3O3/c1-4-13-24(14-5-2)20(25)19-15-16(11-12-22-19)23-18-10-8-7-9-17(18)21(26)27-6-3/h7-12,15H,4-6,13-14H2,1-3H3,(H,22,23). The Bertz CT molecular complexity index is 771. The van der Waals surface area contributed by atoms with Gasteiger partial charge in [-0.25, -0.2) is 4.79 Å². The minimum atomic E-state index is -0.386. The Balaban J connectivity index is 2.24. The maximum Gasteiger partial charge on any atom is 0.340 e. The number of pyridine rings is 1. The van der Waals surface area contributed by atoms with E-state index in [9.17, 15) is 9.59 Å². The number of aromatic nitrogens is 1. The highest BCUT2D eigenvalue weighted by Gasteiger charge is 2.17. The fourth-order valence-electron chi connectivity index (χ4n) is 2.78. The summed E-state index contributed by atoms with van der Waals surface area (Å²) in [6, 6.07) is 10.6. The van der Waals surface area contributed by atoms with E-state index < -0.39 is 0 Å². The van der Waals surface area contributed by atoms with Crippen molar-refractivity contribution in [3.63, 3.8) is 0 Å². The summed E-state index contributed by atoms with van der Waals surface area (Å²) in [4.78, 5) is 30.9. The van der Waals surface area contributed by atoms with E-state index in [0.29, 0.717) is 42.3 Å². The molecule has 0 spiro atoms. The SMILES string of the molecule is CCCN(CCC)C(=O)c1cc(Nc2ccccc2C(=O)OCC)ccn1. The van der Waals surface area contributed by atoms with Crippen LogP contribution in [0.2, 0.25) is 0 Å². The molecule has 1 N–H and O–H groups in total. The topological polar surface area (TPSA) is 71.5 Å². The van der Waals surface area contributed by atoms with Crippen LogP contribution in [0.1, 0.15) is 54.5 Å². The quantitative estimate of drug-likeness (QED) is 0.669. The average Bonchev–Trinajstić information content (AvgIpc) is 2.68. The van der Waals surface area contributed by atoms with Gasteiger partial charge in [-0.2, -0.15) is 0 Å². The third-order valence-electron chi connectivity index (χ3n) is 3.95. The summed E-state index contributed by atoms with van der Waals surface area (Å²) in [6.45, 7) is 7.59. The molecule has 1 heterocycles. The van der Waals surface area contributed by atoms with Gasteiger partial charge in [0.15, 0.2) is 0 Å². The molecule has 1 aromatic carbocycles. The Morgan fingerprint density at radius 2 is 1.78 bits per heavy atom. The van der Waals surface area contributed by atoms with Crippen LogP contribution in [0.3, 0.4) is 0 Å². The van der Waals surface area contributed by atoms with Crippen LogP contribution in [-0.4, -0.2) is 41.5 Å². The lowest BCUT2D eigenvalue weighted by molar-refractivity contribution is 0.0527. The van der Waals surface area contributed by atoms with Crippen molar-refractivity contribution < 1.29 is 14.3 Å². The zero-order valence-electron chi connectivity index (χ0n) is 16.2. The van der Waals surface area contributed by atoms with Gasteiger partial charge in [0.2, 0.25) is 0 Å². The molecule has 2 aromatic rings. The maximum atomic E-state index is 12.8. The molecule has 27 heavy (non-hydrogen) atoms. The van der Waals surface area contributed by atoms with Gasteiger partial charge < -0.3 is 15.0 Å². The molecule has 0 aliphatic rings. The number of benzene rings is 1. The summed E-state index contributed by atoms with van der Waals surface area (Å²) < 4.78 is 5.10. The summed E-state index contributed by atoms with van der Waals surface area (Å²) in [7, 11) is 0. The molecule has 0 unspecified atom stereocenters. The Morgan fingerprint density at radius 1 is 1.07 bits per heavy atom. The molecule has 0 radical (unpaired) electrons. The number of rotatable bonds is 9. The number of esters is 1. The van der Waals surface area contributed by atoms with E-state index >= 15 is 0 Å². The summed E-state index contributed by atoms with van der Waals surface area (Å²) >= 11 is 0. The lowest BCUT2D eigenvalue weighted by atomic mass is 10.1. The molecule has 0 aliphatic carbocycles. The smallest absolute Gasteiger partial charge is 0.340 e. The number of carbonyl (C=O) groups excluding carboxylic acids is 2. The monoisotopic (exact) mass is 369 g/mol. The highest BCUT2D eigenvalue weighted by molar-refractivity contribution is 5.97. The number of ether oxygens (including phenoxy) is 1. The second-order valence-corrected chi connectivity index (χ2v) is 6.11. The first-order chi connectivity index (χ1) is 13.1. The Kier molecular flexibility index (Phi) is 7.79. The molecular formula is C21H27N3O3. The van der Waals surface area contributed by atoms with Crippen molar-refractivity contribution in [1.29, 1.82) is 0 Å². The fourth-order valence-corrected chi connectivity index (χ4v) is 2.78. The Hall–Kier alpha value is -2.89. The van der Waals surface area contributed by atoms with E-state index in [1.807, 2.05) is 24.8 Å². The number of amides is 1. The minimum absolute atomic E-state index is 0.0824. The van der Waals surface area contributed by atoms with Gasteiger partial charge >= 0.3 is 5.97 Å². The summed E-state index contributed by atoms with van der Waals surface area (Å²) in [5.41, 5.74) is 2.15. The molecular weight excluding hydrogens is 342 g/mol. The van der Waals surface area contributed by atoms with E-state index in [2.05, 4.69) is 10.3 Å². The number of anilines is 2. The molecule has 6 nitrogen and oxygen atoms in total. The van der Waals surface area contributed by atoms with Crippen LogP contribution in [0, 0.1) is 0 Å². The van der Waals surface area contributed by atoms with Crippen molar-refractivity contribution >= 4 is 23.3 Å². The van der Waals surface area contributed by atoms with Crippen molar-refractivity contribution in [2.24, 2.45) is 0 Å². The van der Waals surface area contributed by atoms with Gasteiger partial charge in [-0.3, -0.25) is 9.78 Å². The molecule has 0 saturated heterocycles. The van der Waals surface area contributed by atoms with Crippen molar-refractivity contribution in [2.45, 2.75) is 33.6 Å². The van der Waals surface area contributed by atoms with Crippen molar-refractivity contribution in [3.8, 4) is 0 Å². The molecule has 2 rings (SSSR count). The zero-order chi connectivity index (χ0) is 19.6. The molecule has 1 amide bonds. The van der Waals surface area contributed by atoms with Crippen LogP contribution in [0.5, 0.6) is 0 Å². The Labute approximate surface area is 160 Å². The van der Waals surface area contributed by atoms with Crippen molar-refractivity contribution in [2.75, 3.05) is 25.0 Å². The van der Waals surface area contributed by atoms with E-state index in [4.69, 9.17) is 4.74 Å². The largest absolute Gasteiger partial charge is 0.462 e. The molecule has 0 saturated carbocycles. The van der Waals surface area contributed by atoms with Gasteiger partial charge in [0, 0.05) is 25.0 Å². The summed E-state index contributed by atoms with van der Waals surface area (Å²) in [6.07, 6.45) is 3.39. The highest BCUT2D eigenvalue weighted by atomic mass is 16.5. The number of carbonyl (C=O) groups is 2. The first-order valence-electron chi connectivity index (χ1n) is 9.39. The first kappa shape index (κ1) is 20.4. The van der Waals surface area contributed by atoms with Crippen LogP contribution in [-0.2, 0) is 4.74 Å². The normalized spacial score (nSPS) is 10.3. The van der Waals surface area contributed by atoms with E-state index in [1.54, 1.807) is 43.5 Å². The van der Waals surface area contributed by atoms with E-state index in [-0.39, 0.29) is 11.9 Å². The van der Waals surface area contributed by atoms with Crippen LogP contribution in [0.25, 0.3) is 0 Å². The Morgan fingerprint density at radius 3 is 2.44 bits per heavy atom. The maximum absolute atomic E-state index is 12.8. The van der Waals surface area contributed by atoms with E-state index in [0.717, 1.165) is 12.8 Å². The zero-order valence-corrected chi connectivity index (χ0v) is 16.2. The molecule has 1 aromatic heterocycles. The van der Waals surface area contributed by atoms with Crippen LogP contribution in [0.15, 0.2) is 42.6 Å². The summed E-state index contributed by atoms with van der Waals surface area (Å²) in [5.74, 6) is -0.468. The van der Waals surface area contributed by atoms with Crippen LogP contribution < -0.4 is 5.32 Å². The minimum Gasteiger partial charge on any atom is -0.462 e. The van der Waals surface area contributed by atoms with Gasteiger partial charge in [-0.05, 0) is 44.0 Å². The van der Waals surface area contributed by atoms with Gasteiger partial charge in [-0.15, -0.1) is 0 Å². The lowest BCUT2D eigenvalue weighted by Gasteiger charge is -2.21. The molecule has 144 valence electrons.